The second-order valence-electron chi connectivity index (χ2n) is 9.70. The quantitative estimate of drug-likeness (QED) is 0.616. The minimum atomic E-state index is -0.582. The third-order valence-corrected chi connectivity index (χ3v) is 7.54. The molecule has 3 aliphatic rings. The summed E-state index contributed by atoms with van der Waals surface area (Å²) < 4.78 is 25.7. The molecule has 0 spiro atoms. The number of carbonyl (C=O) groups is 1. The SMILES string of the molecule is CCO[C@@H]1OC(C(=O)N2CCC(N3CCCCC3)CC2)=C[C@H](c2ccc(F)cc2)[C@@H]1CCCO. The van der Waals surface area contributed by atoms with E-state index in [4.69, 9.17) is 9.47 Å². The third kappa shape index (κ3) is 5.99. The maximum absolute atomic E-state index is 13.6. The molecular weight excluding hydrogens is 435 g/mol. The smallest absolute Gasteiger partial charge is 0.288 e. The van der Waals surface area contributed by atoms with E-state index >= 15 is 0 Å². The van der Waals surface area contributed by atoms with E-state index in [1.807, 2.05) is 17.9 Å². The Bertz CT molecular complexity index is 816. The highest BCUT2D eigenvalue weighted by atomic mass is 19.1. The highest BCUT2D eigenvalue weighted by Gasteiger charge is 2.39. The summed E-state index contributed by atoms with van der Waals surface area (Å²) in [5.74, 6) is -0.277. The molecule has 0 saturated carbocycles. The van der Waals surface area contributed by atoms with E-state index in [1.165, 1.54) is 44.5 Å². The van der Waals surface area contributed by atoms with E-state index in [0.29, 0.717) is 31.2 Å². The zero-order valence-electron chi connectivity index (χ0n) is 20.3. The van der Waals surface area contributed by atoms with Gasteiger partial charge in [0.15, 0.2) is 5.76 Å². The van der Waals surface area contributed by atoms with Crippen molar-refractivity contribution in [3.05, 3.63) is 47.5 Å². The van der Waals surface area contributed by atoms with E-state index in [9.17, 15) is 14.3 Å². The zero-order valence-corrected chi connectivity index (χ0v) is 20.3. The van der Waals surface area contributed by atoms with E-state index in [-0.39, 0.29) is 30.2 Å². The van der Waals surface area contributed by atoms with Gasteiger partial charge in [0.1, 0.15) is 5.82 Å². The molecule has 4 rings (SSSR count). The van der Waals surface area contributed by atoms with Gasteiger partial charge in [-0.05, 0) is 82.3 Å². The fourth-order valence-electron chi connectivity index (χ4n) is 5.70. The largest absolute Gasteiger partial charge is 0.459 e. The highest BCUT2D eigenvalue weighted by Crippen LogP contribution is 2.40. The van der Waals surface area contributed by atoms with Crippen LogP contribution in [0.5, 0.6) is 0 Å². The molecule has 3 atom stereocenters. The first-order valence-electron chi connectivity index (χ1n) is 13.0. The second kappa shape index (κ2) is 12.1. The van der Waals surface area contributed by atoms with Gasteiger partial charge >= 0.3 is 0 Å². The molecule has 188 valence electrons. The fraction of sp³-hybridized carbons (Fsp3) is 0.667. The first-order valence-corrected chi connectivity index (χ1v) is 13.0. The number of halogens is 1. The van der Waals surface area contributed by atoms with Crippen molar-refractivity contribution in [1.29, 1.82) is 0 Å². The van der Waals surface area contributed by atoms with E-state index in [1.54, 1.807) is 12.1 Å². The standard InChI is InChI=1S/C27H39FN2O4/c1-2-33-27-23(7-6-18-31)24(20-8-10-21(28)11-9-20)19-25(34-27)26(32)30-16-12-22(13-17-30)29-14-4-3-5-15-29/h8-11,19,22-24,27,31H,2-7,12-18H2,1H3/t23-,24+,27+/m0/s1. The van der Waals surface area contributed by atoms with Crippen molar-refractivity contribution in [2.24, 2.45) is 5.92 Å². The lowest BCUT2D eigenvalue weighted by molar-refractivity contribution is -0.171. The maximum Gasteiger partial charge on any atom is 0.288 e. The van der Waals surface area contributed by atoms with Crippen LogP contribution in [0.4, 0.5) is 4.39 Å². The van der Waals surface area contributed by atoms with Gasteiger partial charge in [-0.2, -0.15) is 0 Å². The number of rotatable bonds is 8. The third-order valence-electron chi connectivity index (χ3n) is 7.54. The van der Waals surface area contributed by atoms with Gasteiger partial charge in [0.05, 0.1) is 0 Å². The summed E-state index contributed by atoms with van der Waals surface area (Å²) in [6.45, 7) is 6.26. The molecular formula is C27H39FN2O4. The number of piperidine rings is 2. The lowest BCUT2D eigenvalue weighted by Gasteiger charge is -2.41. The summed E-state index contributed by atoms with van der Waals surface area (Å²) in [7, 11) is 0. The fourth-order valence-corrected chi connectivity index (χ4v) is 5.70. The predicted octanol–water partition coefficient (Wildman–Crippen LogP) is 4.05. The van der Waals surface area contributed by atoms with Crippen molar-refractivity contribution >= 4 is 5.91 Å². The van der Waals surface area contributed by atoms with Crippen molar-refractivity contribution in [2.75, 3.05) is 39.4 Å². The van der Waals surface area contributed by atoms with Crippen LogP contribution < -0.4 is 0 Å². The van der Waals surface area contributed by atoms with E-state index in [0.717, 1.165) is 31.5 Å². The molecule has 34 heavy (non-hydrogen) atoms. The molecule has 6 nitrogen and oxygen atoms in total. The summed E-state index contributed by atoms with van der Waals surface area (Å²) in [5, 5.41) is 9.42. The Labute approximate surface area is 202 Å². The van der Waals surface area contributed by atoms with Gasteiger partial charge in [-0.3, -0.25) is 4.79 Å². The normalized spacial score (nSPS) is 26.7. The van der Waals surface area contributed by atoms with Crippen LogP contribution in [0.25, 0.3) is 0 Å². The number of carbonyl (C=O) groups excluding carboxylic acids is 1. The molecule has 1 N–H and O–H groups in total. The van der Waals surface area contributed by atoms with Crippen molar-refractivity contribution in [3.63, 3.8) is 0 Å². The number of amides is 1. The lowest BCUT2D eigenvalue weighted by atomic mass is 9.80. The van der Waals surface area contributed by atoms with Gasteiger partial charge in [0.2, 0.25) is 6.29 Å². The Morgan fingerprint density at radius 1 is 1.12 bits per heavy atom. The van der Waals surface area contributed by atoms with Gasteiger partial charge in [-0.15, -0.1) is 0 Å². The molecule has 0 unspecified atom stereocenters. The Balaban J connectivity index is 1.51. The number of aliphatic hydroxyl groups is 1. The summed E-state index contributed by atoms with van der Waals surface area (Å²) >= 11 is 0. The zero-order chi connectivity index (χ0) is 23.9. The Hall–Kier alpha value is -1.96. The van der Waals surface area contributed by atoms with Crippen molar-refractivity contribution in [1.82, 2.24) is 9.80 Å². The van der Waals surface area contributed by atoms with Gasteiger partial charge in [0.25, 0.3) is 5.91 Å². The second-order valence-corrected chi connectivity index (χ2v) is 9.70. The number of benzene rings is 1. The summed E-state index contributed by atoms with van der Waals surface area (Å²) in [6, 6.07) is 7.00. The first kappa shape index (κ1) is 25.1. The molecule has 1 aromatic carbocycles. The average Bonchev–Trinajstić information content (AvgIpc) is 2.88. The molecule has 3 aliphatic heterocycles. The molecule has 0 bridgehead atoms. The number of aliphatic hydroxyl groups excluding tert-OH is 1. The molecule has 0 aliphatic carbocycles. The van der Waals surface area contributed by atoms with Crippen LogP contribution in [0.15, 0.2) is 36.1 Å². The number of nitrogens with zero attached hydrogens (tertiary/aromatic N) is 2. The van der Waals surface area contributed by atoms with Crippen LogP contribution in [0, 0.1) is 11.7 Å². The summed E-state index contributed by atoms with van der Waals surface area (Å²) in [5.41, 5.74) is 0.923. The van der Waals surface area contributed by atoms with Gasteiger partial charge in [-0.1, -0.05) is 18.6 Å². The van der Waals surface area contributed by atoms with E-state index in [2.05, 4.69) is 4.90 Å². The number of hydrogen-bond donors (Lipinski definition) is 1. The molecule has 1 amide bonds. The maximum atomic E-state index is 13.6. The van der Waals surface area contributed by atoms with Crippen LogP contribution in [-0.2, 0) is 14.3 Å². The van der Waals surface area contributed by atoms with Crippen molar-refractivity contribution in [2.45, 2.75) is 70.1 Å². The minimum absolute atomic E-state index is 0.0704. The lowest BCUT2D eigenvalue weighted by Crippen LogP contribution is -2.49. The van der Waals surface area contributed by atoms with Gasteiger partial charge < -0.3 is 24.4 Å². The van der Waals surface area contributed by atoms with Crippen LogP contribution in [-0.4, -0.2) is 72.5 Å². The highest BCUT2D eigenvalue weighted by molar-refractivity contribution is 5.92. The topological polar surface area (TPSA) is 62.2 Å². The van der Waals surface area contributed by atoms with Crippen LogP contribution >= 0.6 is 0 Å². The molecule has 1 aromatic rings. The number of allylic oxidation sites excluding steroid dienone is 1. The van der Waals surface area contributed by atoms with Gasteiger partial charge in [-0.25, -0.2) is 4.39 Å². The summed E-state index contributed by atoms with van der Waals surface area (Å²) in [4.78, 5) is 18.0. The molecule has 7 heteroatoms. The average molecular weight is 475 g/mol. The minimum Gasteiger partial charge on any atom is -0.459 e. The Morgan fingerprint density at radius 2 is 1.82 bits per heavy atom. The first-order chi connectivity index (χ1) is 16.6. The molecule has 0 radical (unpaired) electrons. The van der Waals surface area contributed by atoms with Crippen molar-refractivity contribution in [3.8, 4) is 0 Å². The van der Waals surface area contributed by atoms with Crippen LogP contribution in [0.1, 0.15) is 63.4 Å². The van der Waals surface area contributed by atoms with Crippen LogP contribution in [0.3, 0.4) is 0 Å². The number of hydrogen-bond acceptors (Lipinski definition) is 5. The Kier molecular flexibility index (Phi) is 8.98. The molecule has 2 saturated heterocycles. The molecule has 0 aromatic heterocycles. The number of ether oxygens (including phenoxy) is 2. The number of likely N-dealkylation sites (tertiary alicyclic amines) is 2. The van der Waals surface area contributed by atoms with E-state index < -0.39 is 6.29 Å². The monoisotopic (exact) mass is 474 g/mol. The molecule has 2 fully saturated rings. The van der Waals surface area contributed by atoms with Crippen LogP contribution in [0.2, 0.25) is 0 Å². The predicted molar refractivity (Wildman–Crippen MR) is 129 cm³/mol. The van der Waals surface area contributed by atoms with Crippen molar-refractivity contribution < 1.29 is 23.8 Å². The van der Waals surface area contributed by atoms with Gasteiger partial charge in [0, 0.05) is 44.2 Å². The summed E-state index contributed by atoms with van der Waals surface area (Å²) in [6.07, 6.45) is 8.48. The Morgan fingerprint density at radius 3 is 2.47 bits per heavy atom. The molecule has 3 heterocycles.